The van der Waals surface area contributed by atoms with Gasteiger partial charge in [0.1, 0.15) is 12.4 Å². The number of thioether (sulfide) groups is 1. The molecule has 16 heteroatoms. The highest BCUT2D eigenvalue weighted by Gasteiger charge is 2.32. The number of carbonyl (C=O) groups is 4. The third-order valence-electron chi connectivity index (χ3n) is 8.69. The summed E-state index contributed by atoms with van der Waals surface area (Å²) in [7, 11) is 0. The SMILES string of the molecule is CCOCCOCCOCCNC1CN(CCN(C=O)C(=O)CC(C)SCC(=O)C(C)C)CC1NCCOCCOCCOCC(=O)NCC(C)CC. The zero-order chi connectivity index (χ0) is 39.1. The van der Waals surface area contributed by atoms with Crippen LogP contribution >= 0.6 is 11.8 Å². The van der Waals surface area contributed by atoms with Gasteiger partial charge in [0.2, 0.25) is 18.2 Å². The normalized spacial score (nSPS) is 17.3. The van der Waals surface area contributed by atoms with Crippen molar-refractivity contribution in [1.29, 1.82) is 0 Å². The summed E-state index contributed by atoms with van der Waals surface area (Å²) in [5.74, 6) is 0.597. The van der Waals surface area contributed by atoms with Gasteiger partial charge in [-0.15, -0.1) is 0 Å². The number of amides is 3. The number of imide groups is 1. The Labute approximate surface area is 322 Å². The number of carbonyl (C=O) groups excluding carboxylic acids is 4. The lowest BCUT2D eigenvalue weighted by Gasteiger charge is -2.22. The molecule has 4 unspecified atom stereocenters. The van der Waals surface area contributed by atoms with Crippen molar-refractivity contribution < 1.29 is 47.6 Å². The van der Waals surface area contributed by atoms with Gasteiger partial charge in [0.25, 0.3) is 0 Å². The number of likely N-dealkylation sites (tertiary alicyclic amines) is 1. The standard InChI is InChI=1S/C37H71N5O10S/c1-7-31(5)24-40-36(45)27-52-22-21-51-20-18-49-14-10-39-34-26-41(25-33(34)38-9-13-48-17-19-50-16-15-47-8-2)11-12-42(29-43)37(46)23-32(6)53-28-35(44)30(3)4/h29-34,38-39H,7-28H2,1-6H3,(H,40,45). The summed E-state index contributed by atoms with van der Waals surface area (Å²) in [6.45, 7) is 21.7. The molecule has 0 aromatic heterocycles. The fraction of sp³-hybridized carbons (Fsp3) is 0.892. The second-order valence-electron chi connectivity index (χ2n) is 13.5. The quantitative estimate of drug-likeness (QED) is 0.0614. The van der Waals surface area contributed by atoms with Gasteiger partial charge in [-0.25, -0.2) is 0 Å². The number of hydrogen-bond donors (Lipinski definition) is 3. The van der Waals surface area contributed by atoms with Crippen molar-refractivity contribution in [3.63, 3.8) is 0 Å². The van der Waals surface area contributed by atoms with E-state index in [1.807, 2.05) is 27.7 Å². The number of nitrogens with zero attached hydrogens (tertiary/aromatic N) is 2. The van der Waals surface area contributed by atoms with Crippen LogP contribution in [0.2, 0.25) is 0 Å². The van der Waals surface area contributed by atoms with Gasteiger partial charge in [0.15, 0.2) is 0 Å². The van der Waals surface area contributed by atoms with Crippen molar-refractivity contribution in [3.05, 3.63) is 0 Å². The van der Waals surface area contributed by atoms with E-state index in [2.05, 4.69) is 34.7 Å². The maximum Gasteiger partial charge on any atom is 0.246 e. The first-order valence-electron chi connectivity index (χ1n) is 19.4. The molecular weight excluding hydrogens is 706 g/mol. The van der Waals surface area contributed by atoms with Crippen LogP contribution in [0.5, 0.6) is 0 Å². The van der Waals surface area contributed by atoms with Crippen LogP contribution in [-0.2, 0) is 47.6 Å². The van der Waals surface area contributed by atoms with Gasteiger partial charge < -0.3 is 44.4 Å². The average molecular weight is 778 g/mol. The van der Waals surface area contributed by atoms with Gasteiger partial charge >= 0.3 is 0 Å². The van der Waals surface area contributed by atoms with Crippen LogP contribution in [0.1, 0.15) is 54.4 Å². The number of ether oxygens (including phenoxy) is 6. The van der Waals surface area contributed by atoms with Crippen LogP contribution in [0.15, 0.2) is 0 Å². The first kappa shape index (κ1) is 49.3. The van der Waals surface area contributed by atoms with Gasteiger partial charge in [-0.1, -0.05) is 41.0 Å². The molecule has 53 heavy (non-hydrogen) atoms. The molecule has 3 N–H and O–H groups in total. The number of hydrogen-bond acceptors (Lipinski definition) is 14. The fourth-order valence-corrected chi connectivity index (χ4v) is 6.13. The molecule has 1 fully saturated rings. The van der Waals surface area contributed by atoms with Gasteiger partial charge in [-0.2, -0.15) is 11.8 Å². The molecule has 15 nitrogen and oxygen atoms in total. The summed E-state index contributed by atoms with van der Waals surface area (Å²) in [5.41, 5.74) is 0. The Bertz CT molecular complexity index is 969. The molecule has 4 atom stereocenters. The van der Waals surface area contributed by atoms with Crippen molar-refractivity contribution in [1.82, 2.24) is 25.8 Å². The third kappa shape index (κ3) is 25.9. The van der Waals surface area contributed by atoms with Crippen LogP contribution in [0.4, 0.5) is 0 Å². The van der Waals surface area contributed by atoms with Crippen LogP contribution < -0.4 is 16.0 Å². The topological polar surface area (TPSA) is 166 Å². The number of ketones is 1. The van der Waals surface area contributed by atoms with E-state index >= 15 is 0 Å². The molecule has 0 bridgehead atoms. The summed E-state index contributed by atoms with van der Waals surface area (Å²) in [4.78, 5) is 52.0. The van der Waals surface area contributed by atoms with Crippen molar-refractivity contribution in [2.24, 2.45) is 11.8 Å². The lowest BCUT2D eigenvalue weighted by atomic mass is 10.1. The molecule has 0 aliphatic carbocycles. The minimum atomic E-state index is -0.229. The lowest BCUT2D eigenvalue weighted by molar-refractivity contribution is -0.138. The Morgan fingerprint density at radius 1 is 0.792 bits per heavy atom. The van der Waals surface area contributed by atoms with E-state index in [0.717, 1.165) is 19.5 Å². The second-order valence-corrected chi connectivity index (χ2v) is 15.0. The van der Waals surface area contributed by atoms with E-state index in [1.54, 1.807) is 0 Å². The van der Waals surface area contributed by atoms with E-state index in [-0.39, 0.29) is 53.9 Å². The Hall–Kier alpha value is -1.73. The maximum absolute atomic E-state index is 12.9. The Morgan fingerprint density at radius 2 is 1.32 bits per heavy atom. The number of rotatable bonds is 36. The molecule has 0 radical (unpaired) electrons. The van der Waals surface area contributed by atoms with E-state index in [9.17, 15) is 19.2 Å². The zero-order valence-electron chi connectivity index (χ0n) is 33.4. The first-order chi connectivity index (χ1) is 25.6. The van der Waals surface area contributed by atoms with Crippen molar-refractivity contribution in [3.8, 4) is 0 Å². The van der Waals surface area contributed by atoms with Crippen LogP contribution in [0.3, 0.4) is 0 Å². The predicted octanol–water partition coefficient (Wildman–Crippen LogP) is 1.22. The third-order valence-corrected chi connectivity index (χ3v) is 9.88. The monoisotopic (exact) mass is 777 g/mol. The van der Waals surface area contributed by atoms with Gasteiger partial charge in [-0.05, 0) is 12.8 Å². The maximum atomic E-state index is 12.9. The molecule has 0 saturated carbocycles. The van der Waals surface area contributed by atoms with Crippen molar-refractivity contribution in [2.75, 3.05) is 131 Å². The Morgan fingerprint density at radius 3 is 1.83 bits per heavy atom. The molecule has 1 aliphatic heterocycles. The van der Waals surface area contributed by atoms with Gasteiger partial charge in [0, 0.05) is 82.1 Å². The molecule has 1 rings (SSSR count). The summed E-state index contributed by atoms with van der Waals surface area (Å²) in [5, 5.41) is 10.0. The summed E-state index contributed by atoms with van der Waals surface area (Å²) < 4.78 is 33.2. The van der Waals surface area contributed by atoms with E-state index in [4.69, 9.17) is 28.4 Å². The highest BCUT2D eigenvalue weighted by atomic mass is 32.2. The molecule has 1 aliphatic rings. The van der Waals surface area contributed by atoms with Gasteiger partial charge in [-0.3, -0.25) is 29.0 Å². The van der Waals surface area contributed by atoms with Crippen LogP contribution in [0.25, 0.3) is 0 Å². The van der Waals surface area contributed by atoms with E-state index in [1.165, 1.54) is 16.7 Å². The minimum Gasteiger partial charge on any atom is -0.379 e. The molecule has 1 heterocycles. The molecule has 0 spiro atoms. The van der Waals surface area contributed by atoms with Crippen molar-refractivity contribution >= 4 is 35.8 Å². The zero-order valence-corrected chi connectivity index (χ0v) is 34.2. The summed E-state index contributed by atoms with van der Waals surface area (Å²) in [6.07, 6.45) is 1.84. The average Bonchev–Trinajstić information content (AvgIpc) is 3.53. The molecule has 3 amide bonds. The smallest absolute Gasteiger partial charge is 0.246 e. The van der Waals surface area contributed by atoms with E-state index in [0.29, 0.717) is 123 Å². The largest absolute Gasteiger partial charge is 0.379 e. The molecule has 0 aromatic carbocycles. The fourth-order valence-electron chi connectivity index (χ4n) is 5.09. The molecule has 1 saturated heterocycles. The number of nitrogens with one attached hydrogen (secondary N) is 3. The molecular formula is C37H71N5O10S. The minimum absolute atomic E-state index is 0.0303. The summed E-state index contributed by atoms with van der Waals surface area (Å²) >= 11 is 1.45. The Kier molecular flexibility index (Phi) is 30.2. The van der Waals surface area contributed by atoms with E-state index < -0.39 is 0 Å². The molecule has 0 aromatic rings. The highest BCUT2D eigenvalue weighted by molar-refractivity contribution is 8.00. The van der Waals surface area contributed by atoms with Crippen LogP contribution in [-0.4, -0.2) is 182 Å². The molecule has 310 valence electrons. The van der Waals surface area contributed by atoms with Gasteiger partial charge in [0.05, 0.1) is 71.8 Å². The predicted molar refractivity (Wildman–Crippen MR) is 207 cm³/mol. The Balaban J connectivity index is 2.42. The lowest BCUT2D eigenvalue weighted by Crippen LogP contribution is -2.48. The number of Topliss-reactive ketones (excluding diaryl/α,β-unsaturated/α-hetero) is 1. The van der Waals surface area contributed by atoms with Crippen LogP contribution in [0, 0.1) is 11.8 Å². The first-order valence-corrected chi connectivity index (χ1v) is 20.5. The second kappa shape index (κ2) is 32.5. The van der Waals surface area contributed by atoms with Crippen molar-refractivity contribution in [2.45, 2.75) is 71.7 Å². The highest BCUT2D eigenvalue weighted by Crippen LogP contribution is 2.17. The summed E-state index contributed by atoms with van der Waals surface area (Å²) in [6, 6.07) is 0.267.